The smallest absolute Gasteiger partial charge is 0.0818 e. The largest absolute Gasteiger partial charge is 0.369 e. The number of nitrogens with one attached hydrogen (secondary N) is 1. The van der Waals surface area contributed by atoms with Crippen LogP contribution in [0, 0.1) is 6.92 Å². The summed E-state index contributed by atoms with van der Waals surface area (Å²) in [6.45, 7) is 6.25. The zero-order valence-electron chi connectivity index (χ0n) is 9.36. The molecule has 1 aromatic heterocycles. The standard InChI is InChI=1S/C12H18N2O/c1-9-3-5-14-8-12(9)10(2)15-11-4-6-13-7-11/h3,5,8,10-11,13H,4,6-7H2,1-2H3/t10-,11-/m1/s1. The summed E-state index contributed by atoms with van der Waals surface area (Å²) < 4.78 is 5.98. The summed E-state index contributed by atoms with van der Waals surface area (Å²) in [5, 5.41) is 3.30. The molecular formula is C12H18N2O. The number of rotatable bonds is 3. The van der Waals surface area contributed by atoms with Gasteiger partial charge in [0.25, 0.3) is 0 Å². The molecule has 0 radical (unpaired) electrons. The van der Waals surface area contributed by atoms with E-state index >= 15 is 0 Å². The highest BCUT2D eigenvalue weighted by Crippen LogP contribution is 2.22. The fourth-order valence-electron chi connectivity index (χ4n) is 2.01. The molecule has 0 aliphatic carbocycles. The predicted molar refractivity (Wildman–Crippen MR) is 59.7 cm³/mol. The Bertz CT molecular complexity index is 321. The van der Waals surface area contributed by atoms with Gasteiger partial charge in [-0.05, 0) is 38.4 Å². The summed E-state index contributed by atoms with van der Waals surface area (Å²) in [5.41, 5.74) is 2.45. The zero-order valence-corrected chi connectivity index (χ0v) is 9.36. The third kappa shape index (κ3) is 2.55. The van der Waals surface area contributed by atoms with Gasteiger partial charge in [0.2, 0.25) is 0 Å². The Labute approximate surface area is 90.9 Å². The maximum absolute atomic E-state index is 5.98. The molecule has 0 amide bonds. The van der Waals surface area contributed by atoms with Crippen LogP contribution in [0.15, 0.2) is 18.5 Å². The van der Waals surface area contributed by atoms with E-state index in [0.29, 0.717) is 6.10 Å². The lowest BCUT2D eigenvalue weighted by Gasteiger charge is -2.19. The van der Waals surface area contributed by atoms with Gasteiger partial charge < -0.3 is 10.1 Å². The van der Waals surface area contributed by atoms with Crippen molar-refractivity contribution in [1.29, 1.82) is 0 Å². The first-order chi connectivity index (χ1) is 7.27. The first kappa shape index (κ1) is 10.6. The van der Waals surface area contributed by atoms with E-state index in [-0.39, 0.29) is 6.10 Å². The molecule has 0 spiro atoms. The molecule has 0 saturated carbocycles. The van der Waals surface area contributed by atoms with Gasteiger partial charge >= 0.3 is 0 Å². The second-order valence-electron chi connectivity index (χ2n) is 4.13. The van der Waals surface area contributed by atoms with E-state index in [1.165, 1.54) is 11.1 Å². The summed E-state index contributed by atoms with van der Waals surface area (Å²) in [7, 11) is 0. The van der Waals surface area contributed by atoms with E-state index in [2.05, 4.69) is 24.1 Å². The first-order valence-corrected chi connectivity index (χ1v) is 5.54. The van der Waals surface area contributed by atoms with Crippen LogP contribution in [-0.4, -0.2) is 24.2 Å². The highest BCUT2D eigenvalue weighted by molar-refractivity contribution is 5.23. The van der Waals surface area contributed by atoms with E-state index in [1.807, 2.05) is 18.5 Å². The van der Waals surface area contributed by atoms with Crippen LogP contribution in [0.25, 0.3) is 0 Å². The topological polar surface area (TPSA) is 34.1 Å². The molecule has 0 unspecified atom stereocenters. The molecule has 0 aromatic carbocycles. The highest BCUT2D eigenvalue weighted by atomic mass is 16.5. The minimum atomic E-state index is 0.142. The minimum Gasteiger partial charge on any atom is -0.369 e. The van der Waals surface area contributed by atoms with Crippen LogP contribution < -0.4 is 5.32 Å². The van der Waals surface area contributed by atoms with Crippen molar-refractivity contribution in [2.24, 2.45) is 0 Å². The lowest BCUT2D eigenvalue weighted by atomic mass is 10.1. The Morgan fingerprint density at radius 2 is 2.47 bits per heavy atom. The Morgan fingerprint density at radius 3 is 3.13 bits per heavy atom. The van der Waals surface area contributed by atoms with Crippen LogP contribution in [0.1, 0.15) is 30.6 Å². The third-order valence-electron chi connectivity index (χ3n) is 2.93. The number of ether oxygens (including phenoxy) is 1. The second kappa shape index (κ2) is 4.73. The lowest BCUT2D eigenvalue weighted by molar-refractivity contribution is 0.00780. The van der Waals surface area contributed by atoms with Gasteiger partial charge in [0.05, 0.1) is 12.2 Å². The summed E-state index contributed by atoms with van der Waals surface area (Å²) >= 11 is 0. The molecule has 2 rings (SSSR count). The van der Waals surface area contributed by atoms with Crippen LogP contribution in [0.4, 0.5) is 0 Å². The van der Waals surface area contributed by atoms with Crippen molar-refractivity contribution < 1.29 is 4.74 Å². The quantitative estimate of drug-likeness (QED) is 0.819. The molecule has 3 heteroatoms. The summed E-state index contributed by atoms with van der Waals surface area (Å²) in [4.78, 5) is 4.15. The van der Waals surface area contributed by atoms with Crippen LogP contribution in [0.3, 0.4) is 0 Å². The van der Waals surface area contributed by atoms with Crippen molar-refractivity contribution in [2.45, 2.75) is 32.5 Å². The van der Waals surface area contributed by atoms with Gasteiger partial charge in [-0.15, -0.1) is 0 Å². The van der Waals surface area contributed by atoms with E-state index in [9.17, 15) is 0 Å². The third-order valence-corrected chi connectivity index (χ3v) is 2.93. The fraction of sp³-hybridized carbons (Fsp3) is 0.583. The van der Waals surface area contributed by atoms with Gasteiger partial charge in [-0.25, -0.2) is 0 Å². The first-order valence-electron chi connectivity index (χ1n) is 5.54. The Morgan fingerprint density at radius 1 is 1.60 bits per heavy atom. The van der Waals surface area contributed by atoms with Crippen molar-refractivity contribution in [3.63, 3.8) is 0 Å². The maximum atomic E-state index is 5.98. The molecule has 1 aliphatic heterocycles. The van der Waals surface area contributed by atoms with Gasteiger partial charge in [0.1, 0.15) is 0 Å². The molecule has 1 fully saturated rings. The van der Waals surface area contributed by atoms with Crippen molar-refractivity contribution in [3.05, 3.63) is 29.6 Å². The normalized spacial score (nSPS) is 22.9. The number of nitrogens with zero attached hydrogens (tertiary/aromatic N) is 1. The van der Waals surface area contributed by atoms with Crippen molar-refractivity contribution in [1.82, 2.24) is 10.3 Å². The number of aryl methyl sites for hydroxylation is 1. The van der Waals surface area contributed by atoms with Gasteiger partial charge in [-0.1, -0.05) is 0 Å². The number of pyridine rings is 1. The highest BCUT2D eigenvalue weighted by Gasteiger charge is 2.19. The SMILES string of the molecule is Cc1ccncc1[C@@H](C)O[C@@H]1CCNC1. The molecule has 15 heavy (non-hydrogen) atoms. The molecule has 0 bridgehead atoms. The van der Waals surface area contributed by atoms with Gasteiger partial charge in [-0.2, -0.15) is 0 Å². The van der Waals surface area contributed by atoms with Crippen LogP contribution >= 0.6 is 0 Å². The number of aromatic nitrogens is 1. The number of hydrogen-bond donors (Lipinski definition) is 1. The summed E-state index contributed by atoms with van der Waals surface area (Å²) in [6, 6.07) is 2.03. The molecule has 3 nitrogen and oxygen atoms in total. The Balaban J connectivity index is 2.00. The number of hydrogen-bond acceptors (Lipinski definition) is 3. The molecule has 82 valence electrons. The monoisotopic (exact) mass is 206 g/mol. The molecule has 2 heterocycles. The maximum Gasteiger partial charge on any atom is 0.0818 e. The Kier molecular flexibility index (Phi) is 3.34. The van der Waals surface area contributed by atoms with Gasteiger partial charge in [-0.3, -0.25) is 4.98 Å². The lowest BCUT2D eigenvalue weighted by Crippen LogP contribution is -2.19. The molecule has 2 atom stereocenters. The van der Waals surface area contributed by atoms with E-state index in [4.69, 9.17) is 4.74 Å². The van der Waals surface area contributed by atoms with E-state index < -0.39 is 0 Å². The van der Waals surface area contributed by atoms with Crippen molar-refractivity contribution in [2.75, 3.05) is 13.1 Å². The molecule has 1 saturated heterocycles. The zero-order chi connectivity index (χ0) is 10.7. The molecule has 1 aromatic rings. The predicted octanol–water partition coefficient (Wildman–Crippen LogP) is 1.83. The minimum absolute atomic E-state index is 0.142. The fourth-order valence-corrected chi connectivity index (χ4v) is 2.01. The summed E-state index contributed by atoms with van der Waals surface area (Å²) in [6.07, 6.45) is 5.34. The Hall–Kier alpha value is -0.930. The summed E-state index contributed by atoms with van der Waals surface area (Å²) in [5.74, 6) is 0. The molecular weight excluding hydrogens is 188 g/mol. The van der Waals surface area contributed by atoms with Crippen molar-refractivity contribution >= 4 is 0 Å². The van der Waals surface area contributed by atoms with E-state index in [1.54, 1.807) is 0 Å². The van der Waals surface area contributed by atoms with Crippen LogP contribution in [-0.2, 0) is 4.74 Å². The average Bonchev–Trinajstić information content (AvgIpc) is 2.71. The molecule has 1 aliphatic rings. The molecule has 1 N–H and O–H groups in total. The van der Waals surface area contributed by atoms with Gasteiger partial charge in [0.15, 0.2) is 0 Å². The van der Waals surface area contributed by atoms with E-state index in [0.717, 1.165) is 19.5 Å². The van der Waals surface area contributed by atoms with Crippen LogP contribution in [0.2, 0.25) is 0 Å². The van der Waals surface area contributed by atoms with Gasteiger partial charge in [0, 0.05) is 24.5 Å². The second-order valence-corrected chi connectivity index (χ2v) is 4.13. The average molecular weight is 206 g/mol. The van der Waals surface area contributed by atoms with Crippen LogP contribution in [0.5, 0.6) is 0 Å². The van der Waals surface area contributed by atoms with Crippen molar-refractivity contribution in [3.8, 4) is 0 Å².